The molecule has 1 unspecified atom stereocenters. The van der Waals surface area contributed by atoms with Gasteiger partial charge in [-0.05, 0) is 19.3 Å². The summed E-state index contributed by atoms with van der Waals surface area (Å²) in [6.07, 6.45) is -0.139. The lowest BCUT2D eigenvalue weighted by Gasteiger charge is -2.39. The van der Waals surface area contributed by atoms with Crippen LogP contribution in [0.3, 0.4) is 0 Å². The zero-order valence-electron chi connectivity index (χ0n) is 18.4. The molecular weight excluding hydrogens is 483 g/mol. The molecule has 35 heavy (non-hydrogen) atoms. The molecule has 190 valence electrons. The quantitative estimate of drug-likeness (QED) is 0.638. The van der Waals surface area contributed by atoms with Gasteiger partial charge in [0.25, 0.3) is 12.3 Å². The molecule has 0 aromatic carbocycles. The van der Waals surface area contributed by atoms with Crippen molar-refractivity contribution in [1.82, 2.24) is 24.6 Å². The predicted molar refractivity (Wildman–Crippen MR) is 108 cm³/mol. The van der Waals surface area contributed by atoms with Gasteiger partial charge >= 0.3 is 12.1 Å². The highest BCUT2D eigenvalue weighted by molar-refractivity contribution is 6.01. The Morgan fingerprint density at radius 2 is 1.77 bits per heavy atom. The number of hydrogen-bond donors (Lipinski definition) is 1. The van der Waals surface area contributed by atoms with Gasteiger partial charge in [-0.1, -0.05) is 0 Å². The van der Waals surface area contributed by atoms with E-state index in [0.717, 1.165) is 0 Å². The van der Waals surface area contributed by atoms with Crippen LogP contribution in [0.2, 0.25) is 0 Å². The van der Waals surface area contributed by atoms with Crippen molar-refractivity contribution in [3.05, 3.63) is 36.2 Å². The topological polar surface area (TPSA) is 122 Å². The van der Waals surface area contributed by atoms with Crippen LogP contribution < -0.4 is 4.90 Å². The lowest BCUT2D eigenvalue weighted by Crippen LogP contribution is -2.50. The molecule has 2 aliphatic heterocycles. The predicted octanol–water partition coefficient (Wildman–Crippen LogP) is 2.44. The van der Waals surface area contributed by atoms with Crippen LogP contribution in [0.4, 0.5) is 27.6 Å². The Morgan fingerprint density at radius 1 is 1.14 bits per heavy atom. The van der Waals surface area contributed by atoms with Crippen LogP contribution >= 0.6 is 0 Å². The first-order valence-electron chi connectivity index (χ1n) is 10.3. The molecule has 2 aromatic heterocycles. The van der Waals surface area contributed by atoms with E-state index >= 15 is 0 Å². The number of aromatic nitrogens is 4. The molecule has 15 heteroatoms. The Balaban J connectivity index is 0.000000429. The fourth-order valence-electron chi connectivity index (χ4n) is 4.18. The van der Waals surface area contributed by atoms with Crippen LogP contribution in [-0.2, 0) is 16.6 Å². The second-order valence-corrected chi connectivity index (χ2v) is 8.12. The summed E-state index contributed by atoms with van der Waals surface area (Å²) in [7, 11) is 1.50. The zero-order chi connectivity index (χ0) is 26.0. The molecule has 0 radical (unpaired) electrons. The Morgan fingerprint density at radius 3 is 2.34 bits per heavy atom. The highest BCUT2D eigenvalue weighted by atomic mass is 19.4. The fourth-order valence-corrected chi connectivity index (χ4v) is 4.18. The van der Waals surface area contributed by atoms with Gasteiger partial charge in [-0.25, -0.2) is 23.5 Å². The Bertz CT molecular complexity index is 1090. The van der Waals surface area contributed by atoms with E-state index < -0.39 is 35.6 Å². The summed E-state index contributed by atoms with van der Waals surface area (Å²) in [6, 6.07) is 0. The SMILES string of the molecule is Cn1cc(C(=O)N2CCCC3(CCN(c4cncnc4)C3=O)C2)c(C(F)F)n1.O=C(O)C(F)(F)F. The summed E-state index contributed by atoms with van der Waals surface area (Å²) in [5.41, 5.74) is -0.696. The van der Waals surface area contributed by atoms with E-state index in [0.29, 0.717) is 38.0 Å². The minimum atomic E-state index is -5.08. The number of anilines is 1. The van der Waals surface area contributed by atoms with E-state index in [9.17, 15) is 31.5 Å². The number of carbonyl (C=O) groups excluding carboxylic acids is 2. The van der Waals surface area contributed by atoms with Crippen molar-refractivity contribution in [1.29, 1.82) is 0 Å². The zero-order valence-corrected chi connectivity index (χ0v) is 18.4. The number of aliphatic carboxylic acids is 1. The largest absolute Gasteiger partial charge is 0.490 e. The van der Waals surface area contributed by atoms with Crippen LogP contribution in [0.1, 0.15) is 41.7 Å². The highest BCUT2D eigenvalue weighted by Crippen LogP contribution is 2.42. The first-order valence-corrected chi connectivity index (χ1v) is 10.3. The van der Waals surface area contributed by atoms with Crippen LogP contribution in [0.5, 0.6) is 0 Å². The number of carbonyl (C=O) groups is 3. The molecule has 2 saturated heterocycles. The lowest BCUT2D eigenvalue weighted by atomic mass is 9.78. The fraction of sp³-hybridized carbons (Fsp3) is 0.500. The Labute approximate surface area is 195 Å². The van der Waals surface area contributed by atoms with Gasteiger partial charge in [0.1, 0.15) is 12.0 Å². The van der Waals surface area contributed by atoms with Gasteiger partial charge in [0.2, 0.25) is 5.91 Å². The average Bonchev–Trinajstić information content (AvgIpc) is 3.34. The summed E-state index contributed by atoms with van der Waals surface area (Å²) in [5.74, 6) is -3.33. The maximum Gasteiger partial charge on any atom is 0.490 e. The van der Waals surface area contributed by atoms with Gasteiger partial charge in [-0.15, -0.1) is 0 Å². The van der Waals surface area contributed by atoms with Gasteiger partial charge < -0.3 is 14.9 Å². The maximum atomic E-state index is 13.2. The van der Waals surface area contributed by atoms with Crippen LogP contribution in [0.15, 0.2) is 24.9 Å². The van der Waals surface area contributed by atoms with Crippen molar-refractivity contribution in [3.63, 3.8) is 0 Å². The number of alkyl halides is 5. The van der Waals surface area contributed by atoms with Crippen molar-refractivity contribution in [2.24, 2.45) is 12.5 Å². The highest BCUT2D eigenvalue weighted by Gasteiger charge is 2.50. The number of hydrogen-bond acceptors (Lipinski definition) is 6. The second-order valence-electron chi connectivity index (χ2n) is 8.12. The van der Waals surface area contributed by atoms with Gasteiger partial charge in [0.05, 0.1) is 29.1 Å². The Hall–Kier alpha value is -3.65. The summed E-state index contributed by atoms with van der Waals surface area (Å²) >= 11 is 0. The third kappa shape index (κ3) is 5.54. The molecule has 0 saturated carbocycles. The van der Waals surface area contributed by atoms with Crippen molar-refractivity contribution in [2.75, 3.05) is 24.5 Å². The van der Waals surface area contributed by atoms with E-state index in [1.54, 1.807) is 17.3 Å². The lowest BCUT2D eigenvalue weighted by molar-refractivity contribution is -0.192. The molecule has 1 atom stereocenters. The minimum absolute atomic E-state index is 0.0694. The average molecular weight is 504 g/mol. The molecule has 10 nitrogen and oxygen atoms in total. The van der Waals surface area contributed by atoms with E-state index in [4.69, 9.17) is 9.90 Å². The van der Waals surface area contributed by atoms with Gasteiger partial charge in [0.15, 0.2) is 0 Å². The molecule has 0 aliphatic carbocycles. The summed E-state index contributed by atoms with van der Waals surface area (Å²) in [4.78, 5) is 46.1. The molecule has 0 bridgehead atoms. The normalized spacial score (nSPS) is 20.3. The van der Waals surface area contributed by atoms with E-state index in [2.05, 4.69) is 15.1 Å². The number of likely N-dealkylation sites (tertiary alicyclic amines) is 1. The summed E-state index contributed by atoms with van der Waals surface area (Å²) in [6.45, 7) is 1.16. The van der Waals surface area contributed by atoms with E-state index in [1.807, 2.05) is 0 Å². The smallest absolute Gasteiger partial charge is 0.475 e. The van der Waals surface area contributed by atoms with Crippen molar-refractivity contribution in [3.8, 4) is 0 Å². The molecule has 4 heterocycles. The van der Waals surface area contributed by atoms with Gasteiger partial charge in [-0.2, -0.15) is 18.3 Å². The number of carboxylic acids is 1. The molecular formula is C20H21F5N6O4. The third-order valence-electron chi connectivity index (χ3n) is 5.77. The molecule has 4 rings (SSSR count). The standard InChI is InChI=1S/C18H20F2N6O2.C2HF3O2/c1-24-9-13(14(23-24)15(19)20)16(27)25-5-2-3-18(10-25)4-6-26(17(18)28)12-7-21-11-22-8-12;3-2(4,5)1(6)7/h7-9,11,15H,2-6,10H2,1H3;(H,6,7). The number of amides is 2. The molecule has 2 fully saturated rings. The number of carboxylic acid groups (broad SMARTS) is 1. The molecule has 2 amide bonds. The molecule has 1 spiro atoms. The Kier molecular flexibility index (Phi) is 7.36. The van der Waals surface area contributed by atoms with Crippen molar-refractivity contribution >= 4 is 23.5 Å². The number of piperidine rings is 1. The molecule has 2 aliphatic rings. The monoisotopic (exact) mass is 504 g/mol. The van der Waals surface area contributed by atoms with Gasteiger partial charge in [0, 0.05) is 32.9 Å². The van der Waals surface area contributed by atoms with Crippen molar-refractivity contribution < 1.29 is 41.4 Å². The van der Waals surface area contributed by atoms with E-state index in [1.165, 1.54) is 29.2 Å². The van der Waals surface area contributed by atoms with E-state index in [-0.39, 0.29) is 18.0 Å². The third-order valence-corrected chi connectivity index (χ3v) is 5.77. The van der Waals surface area contributed by atoms with Crippen molar-refractivity contribution in [2.45, 2.75) is 31.9 Å². The van der Waals surface area contributed by atoms with Crippen LogP contribution in [-0.4, -0.2) is 73.3 Å². The molecule has 2 aromatic rings. The second kappa shape index (κ2) is 9.92. The van der Waals surface area contributed by atoms with Crippen LogP contribution in [0.25, 0.3) is 0 Å². The summed E-state index contributed by atoms with van der Waals surface area (Å²) in [5, 5.41) is 10.8. The maximum absolute atomic E-state index is 13.2. The minimum Gasteiger partial charge on any atom is -0.475 e. The number of aryl methyl sites for hydroxylation is 1. The van der Waals surface area contributed by atoms with Gasteiger partial charge in [-0.3, -0.25) is 14.3 Å². The van der Waals surface area contributed by atoms with Crippen LogP contribution in [0, 0.1) is 5.41 Å². The number of nitrogens with zero attached hydrogens (tertiary/aromatic N) is 6. The number of rotatable bonds is 3. The first kappa shape index (κ1) is 26.0. The summed E-state index contributed by atoms with van der Waals surface area (Å²) < 4.78 is 59.4. The first-order chi connectivity index (χ1) is 16.4. The number of halogens is 5. The molecule has 1 N–H and O–H groups in total.